The van der Waals surface area contributed by atoms with E-state index in [1.165, 1.54) is 11.3 Å². The molecule has 0 aliphatic heterocycles. The summed E-state index contributed by atoms with van der Waals surface area (Å²) in [5.41, 5.74) is -1.15. The van der Waals surface area contributed by atoms with E-state index in [9.17, 15) is 9.59 Å². The number of carboxylic acid groups (broad SMARTS) is 1. The molecule has 0 radical (unpaired) electrons. The maximum Gasteiger partial charge on any atom is 0.319 e. The number of thiophene rings is 1. The van der Waals surface area contributed by atoms with Gasteiger partial charge in [0.05, 0.1) is 5.00 Å². The molecular formula is C9H9NO3S. The first-order valence-electron chi connectivity index (χ1n) is 4.23. The third-order valence-corrected chi connectivity index (χ3v) is 3.14. The van der Waals surface area contributed by atoms with E-state index in [0.717, 1.165) is 0 Å². The number of carbonyl (C=O) groups is 2. The highest BCUT2D eigenvalue weighted by molar-refractivity contribution is 7.14. The van der Waals surface area contributed by atoms with Gasteiger partial charge in [0.15, 0.2) is 0 Å². The highest BCUT2D eigenvalue weighted by Crippen LogP contribution is 2.46. The molecule has 1 aromatic rings. The van der Waals surface area contributed by atoms with E-state index in [1.54, 1.807) is 12.1 Å². The van der Waals surface area contributed by atoms with Crippen LogP contribution in [0.3, 0.4) is 0 Å². The van der Waals surface area contributed by atoms with Crippen molar-refractivity contribution in [2.45, 2.75) is 12.8 Å². The van der Waals surface area contributed by atoms with Gasteiger partial charge in [-0.15, -0.1) is 11.3 Å². The van der Waals surface area contributed by atoms with E-state index >= 15 is 0 Å². The van der Waals surface area contributed by atoms with Crippen LogP contribution in [-0.4, -0.2) is 17.0 Å². The van der Waals surface area contributed by atoms with Gasteiger partial charge in [0.1, 0.15) is 5.41 Å². The molecule has 0 unspecified atom stereocenters. The first kappa shape index (κ1) is 9.21. The first-order valence-corrected chi connectivity index (χ1v) is 5.11. The van der Waals surface area contributed by atoms with Gasteiger partial charge in [-0.3, -0.25) is 9.59 Å². The average Bonchev–Trinajstić information content (AvgIpc) is 2.81. The lowest BCUT2D eigenvalue weighted by atomic mass is 10.1. The molecule has 1 aliphatic carbocycles. The summed E-state index contributed by atoms with van der Waals surface area (Å²) < 4.78 is 0. The predicted octanol–water partition coefficient (Wildman–Crippen LogP) is 1.55. The van der Waals surface area contributed by atoms with Gasteiger partial charge < -0.3 is 10.4 Å². The second-order valence-electron chi connectivity index (χ2n) is 3.32. The zero-order valence-electron chi connectivity index (χ0n) is 7.32. The SMILES string of the molecule is O=C(O)C1(C(=O)Nc2cccs2)CC1. The van der Waals surface area contributed by atoms with Crippen LogP contribution < -0.4 is 5.32 Å². The quantitative estimate of drug-likeness (QED) is 0.745. The fourth-order valence-electron chi connectivity index (χ4n) is 1.24. The Labute approximate surface area is 84.6 Å². The zero-order valence-corrected chi connectivity index (χ0v) is 8.13. The molecule has 0 spiro atoms. The van der Waals surface area contributed by atoms with Crippen molar-refractivity contribution in [1.82, 2.24) is 0 Å². The Balaban J connectivity index is 2.07. The second kappa shape index (κ2) is 3.09. The lowest BCUT2D eigenvalue weighted by molar-refractivity contribution is -0.147. The normalized spacial score (nSPS) is 17.4. The van der Waals surface area contributed by atoms with Crippen LogP contribution in [0.4, 0.5) is 5.00 Å². The van der Waals surface area contributed by atoms with E-state index in [0.29, 0.717) is 17.8 Å². The molecule has 5 heteroatoms. The van der Waals surface area contributed by atoms with Crippen molar-refractivity contribution in [3.05, 3.63) is 17.5 Å². The summed E-state index contributed by atoms with van der Waals surface area (Å²) in [6.07, 6.45) is 0.888. The number of anilines is 1. The van der Waals surface area contributed by atoms with Crippen LogP contribution in [0, 0.1) is 5.41 Å². The minimum Gasteiger partial charge on any atom is -0.480 e. The van der Waals surface area contributed by atoms with Gasteiger partial charge >= 0.3 is 5.97 Å². The molecule has 74 valence electrons. The van der Waals surface area contributed by atoms with E-state index in [4.69, 9.17) is 5.11 Å². The molecule has 2 N–H and O–H groups in total. The van der Waals surface area contributed by atoms with E-state index in [2.05, 4.69) is 5.32 Å². The third-order valence-electron chi connectivity index (χ3n) is 2.35. The van der Waals surface area contributed by atoms with Crippen LogP contribution in [0.2, 0.25) is 0 Å². The highest BCUT2D eigenvalue weighted by Gasteiger charge is 2.57. The summed E-state index contributed by atoms with van der Waals surface area (Å²) >= 11 is 1.38. The minimum absolute atomic E-state index is 0.396. The van der Waals surface area contributed by atoms with Gasteiger partial charge in [-0.05, 0) is 30.4 Å². The van der Waals surface area contributed by atoms with Gasteiger partial charge in [0.2, 0.25) is 5.91 Å². The fourth-order valence-corrected chi connectivity index (χ4v) is 1.86. The second-order valence-corrected chi connectivity index (χ2v) is 4.27. The molecule has 4 nitrogen and oxygen atoms in total. The average molecular weight is 211 g/mol. The van der Waals surface area contributed by atoms with Crippen LogP contribution in [0.1, 0.15) is 12.8 Å². The molecule has 0 atom stereocenters. The third kappa shape index (κ3) is 1.39. The lowest BCUT2D eigenvalue weighted by Gasteiger charge is -2.08. The minimum atomic E-state index is -1.15. The summed E-state index contributed by atoms with van der Waals surface area (Å²) in [4.78, 5) is 22.3. The zero-order chi connectivity index (χ0) is 10.2. The van der Waals surface area contributed by atoms with Gasteiger partial charge in [-0.2, -0.15) is 0 Å². The predicted molar refractivity (Wildman–Crippen MR) is 52.3 cm³/mol. The Morgan fingerprint density at radius 3 is 2.64 bits per heavy atom. The summed E-state index contributed by atoms with van der Waals surface area (Å²) in [7, 11) is 0. The van der Waals surface area contributed by atoms with Crippen LogP contribution in [0.5, 0.6) is 0 Å². The van der Waals surface area contributed by atoms with Crippen molar-refractivity contribution in [2.24, 2.45) is 5.41 Å². The molecule has 0 saturated heterocycles. The van der Waals surface area contributed by atoms with Gasteiger partial charge in [0, 0.05) is 0 Å². The van der Waals surface area contributed by atoms with Crippen molar-refractivity contribution >= 4 is 28.2 Å². The number of carbonyl (C=O) groups excluding carboxylic acids is 1. The van der Waals surface area contributed by atoms with Crippen molar-refractivity contribution in [3.63, 3.8) is 0 Å². The number of aliphatic carboxylic acids is 1. The molecule has 14 heavy (non-hydrogen) atoms. The van der Waals surface area contributed by atoms with Gasteiger partial charge in [-0.1, -0.05) is 0 Å². The Bertz CT molecular complexity index is 367. The van der Waals surface area contributed by atoms with Gasteiger partial charge in [-0.25, -0.2) is 0 Å². The van der Waals surface area contributed by atoms with E-state index in [-0.39, 0.29) is 0 Å². The molecule has 1 amide bonds. The number of hydrogen-bond donors (Lipinski definition) is 2. The Morgan fingerprint density at radius 2 is 2.21 bits per heavy atom. The topological polar surface area (TPSA) is 66.4 Å². The van der Waals surface area contributed by atoms with Crippen LogP contribution in [0.25, 0.3) is 0 Å². The van der Waals surface area contributed by atoms with Crippen molar-refractivity contribution in [1.29, 1.82) is 0 Å². The molecule has 1 saturated carbocycles. The standard InChI is InChI=1S/C9H9NO3S/c11-7(9(3-4-9)8(12)13)10-6-2-1-5-14-6/h1-2,5H,3-4H2,(H,10,11)(H,12,13). The number of amides is 1. The first-order chi connectivity index (χ1) is 6.65. The lowest BCUT2D eigenvalue weighted by Crippen LogP contribution is -2.30. The molecule has 1 heterocycles. The summed E-state index contributed by atoms with van der Waals surface area (Å²) in [6.45, 7) is 0. The summed E-state index contributed by atoms with van der Waals surface area (Å²) in [6, 6.07) is 3.56. The number of carboxylic acids is 1. The fraction of sp³-hybridized carbons (Fsp3) is 0.333. The largest absolute Gasteiger partial charge is 0.480 e. The van der Waals surface area contributed by atoms with Crippen molar-refractivity contribution in [2.75, 3.05) is 5.32 Å². The molecule has 0 aromatic carbocycles. The monoisotopic (exact) mass is 211 g/mol. The van der Waals surface area contributed by atoms with E-state index < -0.39 is 17.3 Å². The molecule has 1 aromatic heterocycles. The Kier molecular flexibility index (Phi) is 2.03. The van der Waals surface area contributed by atoms with Crippen molar-refractivity contribution < 1.29 is 14.7 Å². The van der Waals surface area contributed by atoms with Crippen LogP contribution >= 0.6 is 11.3 Å². The van der Waals surface area contributed by atoms with E-state index in [1.807, 2.05) is 5.38 Å². The Morgan fingerprint density at radius 1 is 1.50 bits per heavy atom. The van der Waals surface area contributed by atoms with Crippen molar-refractivity contribution in [3.8, 4) is 0 Å². The molecule has 1 fully saturated rings. The molecule has 1 aliphatic rings. The summed E-state index contributed by atoms with van der Waals surface area (Å²) in [5, 5.41) is 14.0. The highest BCUT2D eigenvalue weighted by atomic mass is 32.1. The number of nitrogens with one attached hydrogen (secondary N) is 1. The maximum absolute atomic E-state index is 11.6. The molecular weight excluding hydrogens is 202 g/mol. The van der Waals surface area contributed by atoms with Crippen LogP contribution in [0.15, 0.2) is 17.5 Å². The maximum atomic E-state index is 11.6. The Hall–Kier alpha value is -1.36. The number of hydrogen-bond acceptors (Lipinski definition) is 3. The summed E-state index contributed by atoms with van der Waals surface area (Å²) in [5.74, 6) is -1.42. The van der Waals surface area contributed by atoms with Crippen LogP contribution in [-0.2, 0) is 9.59 Å². The molecule has 2 rings (SSSR count). The number of rotatable bonds is 3. The molecule has 0 bridgehead atoms. The van der Waals surface area contributed by atoms with Gasteiger partial charge in [0.25, 0.3) is 0 Å². The smallest absolute Gasteiger partial charge is 0.319 e.